The Hall–Kier alpha value is -4.04. The number of nitrogens with one attached hydrogen (secondary N) is 2. The number of hydrogen-bond acceptors (Lipinski definition) is 7. The number of ether oxygens (including phenoxy) is 2. The minimum Gasteiger partial charge on any atom is -0.497 e. The molecule has 36 heavy (non-hydrogen) atoms. The van der Waals surface area contributed by atoms with Crippen LogP contribution in [0.3, 0.4) is 0 Å². The Morgan fingerprint density at radius 3 is 2.28 bits per heavy atom. The Morgan fingerprint density at radius 1 is 0.972 bits per heavy atom. The molecule has 184 valence electrons. The molecule has 0 bridgehead atoms. The number of benzene rings is 3. The third kappa shape index (κ3) is 6.14. The second-order valence-corrected chi connectivity index (χ2v) is 8.78. The molecule has 8 heteroatoms. The van der Waals surface area contributed by atoms with Crippen molar-refractivity contribution in [3.63, 3.8) is 0 Å². The highest BCUT2D eigenvalue weighted by molar-refractivity contribution is 8.14. The molecular formula is C28H27N3O4S. The molecule has 0 unspecified atom stereocenters. The van der Waals surface area contributed by atoms with Gasteiger partial charge in [0.1, 0.15) is 11.8 Å². The summed E-state index contributed by atoms with van der Waals surface area (Å²) in [4.78, 5) is 30.6. The van der Waals surface area contributed by atoms with Crippen LogP contribution in [-0.4, -0.2) is 36.5 Å². The predicted octanol–water partition coefficient (Wildman–Crippen LogP) is 5.04. The number of methoxy groups -OCH3 is 1. The zero-order valence-electron chi connectivity index (χ0n) is 20.1. The van der Waals surface area contributed by atoms with Crippen LogP contribution in [0.2, 0.25) is 0 Å². The van der Waals surface area contributed by atoms with Crippen molar-refractivity contribution in [1.82, 2.24) is 5.32 Å². The molecule has 0 spiro atoms. The zero-order valence-corrected chi connectivity index (χ0v) is 20.9. The maximum absolute atomic E-state index is 13.1. The van der Waals surface area contributed by atoms with Gasteiger partial charge in [0.05, 0.1) is 30.7 Å². The number of thioether (sulfide) groups is 1. The summed E-state index contributed by atoms with van der Waals surface area (Å²) >= 11 is 1.27. The third-order valence-corrected chi connectivity index (χ3v) is 6.30. The molecule has 4 rings (SSSR count). The van der Waals surface area contributed by atoms with Crippen LogP contribution in [0.25, 0.3) is 5.70 Å². The summed E-state index contributed by atoms with van der Waals surface area (Å²) in [6.07, 6.45) is 0. The van der Waals surface area contributed by atoms with Gasteiger partial charge < -0.3 is 20.1 Å². The van der Waals surface area contributed by atoms with Gasteiger partial charge in [-0.2, -0.15) is 0 Å². The van der Waals surface area contributed by atoms with E-state index in [1.807, 2.05) is 60.7 Å². The van der Waals surface area contributed by atoms with E-state index in [0.717, 1.165) is 11.1 Å². The lowest BCUT2D eigenvalue weighted by Crippen LogP contribution is -2.31. The largest absolute Gasteiger partial charge is 0.497 e. The molecule has 7 nitrogen and oxygen atoms in total. The number of nitrogens with zero attached hydrogens (tertiary/aromatic N) is 1. The van der Waals surface area contributed by atoms with Crippen LogP contribution < -0.4 is 15.4 Å². The monoisotopic (exact) mass is 501 g/mol. The van der Waals surface area contributed by atoms with Crippen molar-refractivity contribution in [3.8, 4) is 5.75 Å². The molecule has 0 radical (unpaired) electrons. The summed E-state index contributed by atoms with van der Waals surface area (Å²) in [5, 5.41) is 6.71. The van der Waals surface area contributed by atoms with E-state index in [9.17, 15) is 9.59 Å². The Balaban J connectivity index is 1.60. The van der Waals surface area contributed by atoms with Crippen molar-refractivity contribution in [2.75, 3.05) is 24.8 Å². The van der Waals surface area contributed by atoms with Crippen LogP contribution in [0.4, 0.5) is 5.69 Å². The van der Waals surface area contributed by atoms with Gasteiger partial charge in [0.2, 0.25) is 5.91 Å². The van der Waals surface area contributed by atoms with Gasteiger partial charge in [-0.3, -0.25) is 4.79 Å². The lowest BCUT2D eigenvalue weighted by molar-refractivity contribution is -0.138. The first-order valence-corrected chi connectivity index (χ1v) is 12.5. The Kier molecular flexibility index (Phi) is 8.41. The number of hydrogen-bond donors (Lipinski definition) is 2. The molecular weight excluding hydrogens is 474 g/mol. The van der Waals surface area contributed by atoms with E-state index >= 15 is 0 Å². The summed E-state index contributed by atoms with van der Waals surface area (Å²) in [5.74, 6) is 0.249. The van der Waals surface area contributed by atoms with Crippen LogP contribution in [0.5, 0.6) is 5.75 Å². The summed E-state index contributed by atoms with van der Waals surface area (Å²) in [6.45, 7) is 2.03. The number of carbonyl (C=O) groups is 2. The number of carbonyl (C=O) groups excluding carboxylic acids is 2. The molecule has 1 aliphatic heterocycles. The molecule has 0 aliphatic carbocycles. The van der Waals surface area contributed by atoms with E-state index < -0.39 is 12.0 Å². The maximum Gasteiger partial charge on any atom is 0.338 e. The van der Waals surface area contributed by atoms with Gasteiger partial charge >= 0.3 is 5.97 Å². The van der Waals surface area contributed by atoms with Crippen LogP contribution in [0.15, 0.2) is 95.5 Å². The number of amides is 1. The van der Waals surface area contributed by atoms with E-state index in [4.69, 9.17) is 14.5 Å². The molecule has 0 fully saturated rings. The highest BCUT2D eigenvalue weighted by Crippen LogP contribution is 2.36. The lowest BCUT2D eigenvalue weighted by atomic mass is 9.94. The fraction of sp³-hybridized carbons (Fsp3) is 0.179. The summed E-state index contributed by atoms with van der Waals surface area (Å²) in [7, 11) is 1.59. The number of amidine groups is 1. The van der Waals surface area contributed by atoms with E-state index in [1.54, 1.807) is 38.3 Å². The Labute approximate surface area is 214 Å². The molecule has 0 aromatic heterocycles. The molecule has 1 atom stereocenters. The van der Waals surface area contributed by atoms with Crippen molar-refractivity contribution in [2.24, 2.45) is 4.99 Å². The normalized spacial score (nSPS) is 14.9. The topological polar surface area (TPSA) is 89.0 Å². The molecule has 3 aromatic carbocycles. The first-order valence-electron chi connectivity index (χ1n) is 11.5. The van der Waals surface area contributed by atoms with E-state index in [1.165, 1.54) is 11.8 Å². The summed E-state index contributed by atoms with van der Waals surface area (Å²) in [5.41, 5.74) is 3.42. The number of rotatable bonds is 8. The minimum absolute atomic E-state index is 0.135. The zero-order chi connectivity index (χ0) is 25.3. The first kappa shape index (κ1) is 25.1. The van der Waals surface area contributed by atoms with Crippen LogP contribution in [-0.2, 0) is 14.3 Å². The SMILES string of the molecule is CCOC(=O)C1=C(c2ccccc2)NC(SCC(=O)Nc2ccc(OC)cc2)=N[C@@H]1c1ccccc1. The summed E-state index contributed by atoms with van der Waals surface area (Å²) < 4.78 is 10.6. The van der Waals surface area contributed by atoms with E-state index in [2.05, 4.69) is 10.6 Å². The highest BCUT2D eigenvalue weighted by Gasteiger charge is 2.32. The van der Waals surface area contributed by atoms with Crippen molar-refractivity contribution in [2.45, 2.75) is 13.0 Å². The van der Waals surface area contributed by atoms with Crippen molar-refractivity contribution in [3.05, 3.63) is 102 Å². The predicted molar refractivity (Wildman–Crippen MR) is 144 cm³/mol. The van der Waals surface area contributed by atoms with Gasteiger partial charge in [-0.05, 0) is 42.3 Å². The Bertz CT molecular complexity index is 1260. The summed E-state index contributed by atoms with van der Waals surface area (Å²) in [6, 6.07) is 25.7. The Morgan fingerprint density at radius 2 is 1.64 bits per heavy atom. The molecule has 1 heterocycles. The van der Waals surface area contributed by atoms with Gasteiger partial charge in [0.15, 0.2) is 5.17 Å². The smallest absolute Gasteiger partial charge is 0.338 e. The second kappa shape index (κ2) is 12.1. The average Bonchev–Trinajstić information content (AvgIpc) is 2.93. The molecule has 0 saturated carbocycles. The van der Waals surface area contributed by atoms with Gasteiger partial charge in [-0.15, -0.1) is 0 Å². The standard InChI is InChI=1S/C28H27N3O4S/c1-3-35-27(33)24-25(19-10-6-4-7-11-19)30-28(31-26(24)20-12-8-5-9-13-20)36-18-23(32)29-21-14-16-22(34-2)17-15-21/h4-17,25H,3,18H2,1-2H3,(H,29,32)(H,30,31)/t25-/m1/s1. The maximum atomic E-state index is 13.1. The second-order valence-electron chi connectivity index (χ2n) is 7.81. The highest BCUT2D eigenvalue weighted by atomic mass is 32.2. The van der Waals surface area contributed by atoms with E-state index in [-0.39, 0.29) is 18.3 Å². The number of esters is 1. The fourth-order valence-corrected chi connectivity index (χ4v) is 4.43. The fourth-order valence-electron chi connectivity index (χ4n) is 3.74. The van der Waals surface area contributed by atoms with E-state index in [0.29, 0.717) is 27.9 Å². The van der Waals surface area contributed by atoms with Crippen LogP contribution in [0, 0.1) is 0 Å². The van der Waals surface area contributed by atoms with Crippen LogP contribution in [0.1, 0.15) is 24.1 Å². The third-order valence-electron chi connectivity index (χ3n) is 5.41. The molecule has 0 saturated heterocycles. The minimum atomic E-state index is -0.575. The van der Waals surface area contributed by atoms with Crippen molar-refractivity contribution < 1.29 is 19.1 Å². The van der Waals surface area contributed by atoms with Crippen LogP contribution >= 0.6 is 11.8 Å². The number of aliphatic imine (C=N–C) groups is 1. The van der Waals surface area contributed by atoms with Gasteiger partial charge in [-0.25, -0.2) is 9.79 Å². The van der Waals surface area contributed by atoms with Crippen molar-refractivity contribution >= 4 is 40.2 Å². The lowest BCUT2D eigenvalue weighted by Gasteiger charge is -2.27. The average molecular weight is 502 g/mol. The van der Waals surface area contributed by atoms with Gasteiger partial charge in [0, 0.05) is 5.69 Å². The molecule has 1 amide bonds. The number of anilines is 1. The first-order chi connectivity index (χ1) is 17.6. The van der Waals surface area contributed by atoms with Crippen molar-refractivity contribution in [1.29, 1.82) is 0 Å². The molecule has 2 N–H and O–H groups in total. The van der Waals surface area contributed by atoms with Gasteiger partial charge in [0.25, 0.3) is 0 Å². The molecule has 3 aromatic rings. The quantitative estimate of drug-likeness (QED) is 0.421. The molecule has 1 aliphatic rings. The van der Waals surface area contributed by atoms with Gasteiger partial charge in [-0.1, -0.05) is 72.4 Å².